The number of methoxy groups -OCH3 is 1. The van der Waals surface area contributed by atoms with Crippen molar-refractivity contribution in [3.8, 4) is 0 Å². The van der Waals surface area contributed by atoms with Crippen LogP contribution < -0.4 is 0 Å². The maximum atomic E-state index is 9.86. The number of hydrogen-bond donors (Lipinski definition) is 1. The summed E-state index contributed by atoms with van der Waals surface area (Å²) in [6.45, 7) is 9.85. The maximum Gasteiger partial charge on any atom is 0.0589 e. The molecule has 2 unspecified atom stereocenters. The first-order valence-corrected chi connectivity index (χ1v) is 7.37. The summed E-state index contributed by atoms with van der Waals surface area (Å²) in [5.74, 6) is 0.752. The van der Waals surface area contributed by atoms with Gasteiger partial charge in [-0.25, -0.2) is 0 Å². The van der Waals surface area contributed by atoms with Crippen molar-refractivity contribution in [2.24, 2.45) is 11.3 Å². The molecular weight excluding hydrogens is 226 g/mol. The van der Waals surface area contributed by atoms with E-state index in [0.717, 1.165) is 25.6 Å². The molecule has 0 aromatic carbocycles. The molecule has 3 nitrogen and oxygen atoms in total. The summed E-state index contributed by atoms with van der Waals surface area (Å²) in [6.07, 6.45) is 4.92. The fraction of sp³-hybridized carbons (Fsp3) is 1.00. The fourth-order valence-corrected chi connectivity index (χ4v) is 3.27. The van der Waals surface area contributed by atoms with E-state index in [0.29, 0.717) is 12.6 Å². The lowest BCUT2D eigenvalue weighted by Gasteiger charge is -2.43. The van der Waals surface area contributed by atoms with Crippen molar-refractivity contribution in [2.45, 2.75) is 52.5 Å². The van der Waals surface area contributed by atoms with Crippen LogP contribution in [0.5, 0.6) is 0 Å². The summed E-state index contributed by atoms with van der Waals surface area (Å²) in [5, 5.41) is 9.86. The number of aliphatic hydroxyl groups is 1. The Morgan fingerprint density at radius 3 is 2.67 bits per heavy atom. The Labute approximate surface area is 113 Å². The molecule has 1 N–H and O–H groups in total. The van der Waals surface area contributed by atoms with Gasteiger partial charge in [-0.15, -0.1) is 0 Å². The molecule has 0 aromatic heterocycles. The van der Waals surface area contributed by atoms with Crippen LogP contribution in [-0.4, -0.2) is 49.5 Å². The van der Waals surface area contributed by atoms with Crippen LogP contribution >= 0.6 is 0 Å². The lowest BCUT2D eigenvalue weighted by molar-refractivity contribution is 0.00730. The standard InChI is InChI=1S/C15H31NO2/c1-13(2)16(8-9-18-4)11-15(12-17)7-5-6-14(3)10-15/h13-14,17H,5-12H2,1-4H3. The highest BCUT2D eigenvalue weighted by Gasteiger charge is 2.36. The quantitative estimate of drug-likeness (QED) is 0.761. The van der Waals surface area contributed by atoms with E-state index in [1.807, 2.05) is 0 Å². The first-order chi connectivity index (χ1) is 8.53. The van der Waals surface area contributed by atoms with Crippen LogP contribution in [0, 0.1) is 11.3 Å². The Kier molecular flexibility index (Phi) is 6.61. The van der Waals surface area contributed by atoms with E-state index in [9.17, 15) is 5.11 Å². The first kappa shape index (κ1) is 15.9. The second-order valence-corrected chi connectivity index (χ2v) is 6.42. The molecule has 0 radical (unpaired) electrons. The third-order valence-corrected chi connectivity index (χ3v) is 4.37. The van der Waals surface area contributed by atoms with Crippen LogP contribution in [0.3, 0.4) is 0 Å². The Morgan fingerprint density at radius 2 is 2.17 bits per heavy atom. The predicted molar refractivity (Wildman–Crippen MR) is 75.7 cm³/mol. The van der Waals surface area contributed by atoms with Crippen molar-refractivity contribution in [1.29, 1.82) is 0 Å². The molecule has 0 aliphatic heterocycles. The van der Waals surface area contributed by atoms with Gasteiger partial charge in [-0.1, -0.05) is 19.8 Å². The van der Waals surface area contributed by atoms with E-state index in [-0.39, 0.29) is 5.41 Å². The highest BCUT2D eigenvalue weighted by atomic mass is 16.5. The molecule has 108 valence electrons. The van der Waals surface area contributed by atoms with Crippen LogP contribution in [-0.2, 0) is 4.74 Å². The van der Waals surface area contributed by atoms with Crippen LogP contribution in [0.25, 0.3) is 0 Å². The minimum atomic E-state index is 0.121. The van der Waals surface area contributed by atoms with Crippen molar-refractivity contribution >= 4 is 0 Å². The van der Waals surface area contributed by atoms with E-state index < -0.39 is 0 Å². The monoisotopic (exact) mass is 257 g/mol. The van der Waals surface area contributed by atoms with Gasteiger partial charge in [0.25, 0.3) is 0 Å². The van der Waals surface area contributed by atoms with Crippen molar-refractivity contribution < 1.29 is 9.84 Å². The predicted octanol–water partition coefficient (Wildman–Crippen LogP) is 2.53. The van der Waals surface area contributed by atoms with Gasteiger partial charge in [0.1, 0.15) is 0 Å². The van der Waals surface area contributed by atoms with Crippen LogP contribution in [0.1, 0.15) is 46.5 Å². The second kappa shape index (κ2) is 7.46. The van der Waals surface area contributed by atoms with Gasteiger partial charge in [-0.3, -0.25) is 4.90 Å². The van der Waals surface area contributed by atoms with E-state index >= 15 is 0 Å². The van der Waals surface area contributed by atoms with E-state index in [1.165, 1.54) is 25.7 Å². The number of ether oxygens (including phenoxy) is 1. The molecule has 1 fully saturated rings. The Bertz CT molecular complexity index is 233. The zero-order valence-corrected chi connectivity index (χ0v) is 12.6. The van der Waals surface area contributed by atoms with Crippen molar-refractivity contribution in [1.82, 2.24) is 4.90 Å². The minimum Gasteiger partial charge on any atom is -0.396 e. The number of hydrogen-bond acceptors (Lipinski definition) is 3. The highest BCUT2D eigenvalue weighted by Crippen LogP contribution is 2.39. The van der Waals surface area contributed by atoms with Crippen molar-refractivity contribution in [2.75, 3.05) is 33.4 Å². The molecule has 2 atom stereocenters. The second-order valence-electron chi connectivity index (χ2n) is 6.42. The summed E-state index contributed by atoms with van der Waals surface area (Å²) >= 11 is 0. The van der Waals surface area contributed by atoms with Gasteiger partial charge in [-0.2, -0.15) is 0 Å². The lowest BCUT2D eigenvalue weighted by Crippen LogP contribution is -2.46. The third-order valence-electron chi connectivity index (χ3n) is 4.37. The van der Waals surface area contributed by atoms with Crippen molar-refractivity contribution in [3.05, 3.63) is 0 Å². The van der Waals surface area contributed by atoms with Gasteiger partial charge in [-0.05, 0) is 32.6 Å². The largest absolute Gasteiger partial charge is 0.396 e. The summed E-state index contributed by atoms with van der Waals surface area (Å²) in [6, 6.07) is 0.515. The van der Waals surface area contributed by atoms with Crippen LogP contribution in [0.2, 0.25) is 0 Å². The van der Waals surface area contributed by atoms with E-state index in [2.05, 4.69) is 25.7 Å². The fourth-order valence-electron chi connectivity index (χ4n) is 3.27. The molecule has 1 aliphatic rings. The molecule has 1 aliphatic carbocycles. The third kappa shape index (κ3) is 4.52. The average Bonchev–Trinajstić information content (AvgIpc) is 2.34. The molecule has 0 bridgehead atoms. The Morgan fingerprint density at radius 1 is 1.44 bits per heavy atom. The van der Waals surface area contributed by atoms with Crippen molar-refractivity contribution in [3.63, 3.8) is 0 Å². The van der Waals surface area contributed by atoms with Gasteiger partial charge in [0.15, 0.2) is 0 Å². The molecule has 18 heavy (non-hydrogen) atoms. The summed E-state index contributed by atoms with van der Waals surface area (Å²) in [4.78, 5) is 2.46. The lowest BCUT2D eigenvalue weighted by atomic mass is 9.70. The van der Waals surface area contributed by atoms with Gasteiger partial charge in [0.2, 0.25) is 0 Å². The SMILES string of the molecule is COCCN(CC1(CO)CCCC(C)C1)C(C)C. The molecule has 0 heterocycles. The van der Waals surface area contributed by atoms with E-state index in [4.69, 9.17) is 4.74 Å². The zero-order valence-electron chi connectivity index (χ0n) is 12.6. The summed E-state index contributed by atoms with van der Waals surface area (Å²) < 4.78 is 5.20. The summed E-state index contributed by atoms with van der Waals surface area (Å²) in [7, 11) is 1.75. The minimum absolute atomic E-state index is 0.121. The van der Waals surface area contributed by atoms with E-state index in [1.54, 1.807) is 7.11 Å². The number of nitrogens with zero attached hydrogens (tertiary/aromatic N) is 1. The van der Waals surface area contributed by atoms with Crippen LogP contribution in [0.15, 0.2) is 0 Å². The highest BCUT2D eigenvalue weighted by molar-refractivity contribution is 4.88. The zero-order chi connectivity index (χ0) is 13.6. The van der Waals surface area contributed by atoms with Crippen LogP contribution in [0.4, 0.5) is 0 Å². The molecule has 1 rings (SSSR count). The van der Waals surface area contributed by atoms with Gasteiger partial charge < -0.3 is 9.84 Å². The topological polar surface area (TPSA) is 32.7 Å². The Balaban J connectivity index is 2.62. The number of rotatable bonds is 7. The summed E-state index contributed by atoms with van der Waals surface area (Å²) in [5.41, 5.74) is 0.121. The molecule has 0 aromatic rings. The molecule has 0 amide bonds. The number of aliphatic hydroxyl groups excluding tert-OH is 1. The van der Waals surface area contributed by atoms with Gasteiger partial charge in [0.05, 0.1) is 6.61 Å². The Hall–Kier alpha value is -0.120. The normalized spacial score (nSPS) is 29.2. The molecule has 3 heteroatoms. The smallest absolute Gasteiger partial charge is 0.0589 e. The molecule has 0 saturated heterocycles. The molecule has 1 saturated carbocycles. The average molecular weight is 257 g/mol. The van der Waals surface area contributed by atoms with Gasteiger partial charge in [0, 0.05) is 38.3 Å². The maximum absolute atomic E-state index is 9.86. The molecular formula is C15H31NO2. The van der Waals surface area contributed by atoms with Gasteiger partial charge >= 0.3 is 0 Å². The molecule has 0 spiro atoms. The first-order valence-electron chi connectivity index (χ1n) is 7.37.